The molecule has 7 heteroatoms. The van der Waals surface area contributed by atoms with Crippen LogP contribution >= 0.6 is 0 Å². The van der Waals surface area contributed by atoms with Crippen molar-refractivity contribution in [1.29, 1.82) is 0 Å². The molecule has 0 unspecified atom stereocenters. The van der Waals surface area contributed by atoms with Gasteiger partial charge in [0, 0.05) is 0 Å². The van der Waals surface area contributed by atoms with Crippen LogP contribution in [-0.4, -0.2) is 37.1 Å². The maximum atomic E-state index is 6.26. The first-order chi connectivity index (χ1) is 3.83. The predicted molar refractivity (Wildman–Crippen MR) is 44.0 cm³/mol. The van der Waals surface area contributed by atoms with E-state index in [0.717, 1.165) is 0 Å². The van der Waals surface area contributed by atoms with E-state index in [9.17, 15) is 0 Å². The van der Waals surface area contributed by atoms with Gasteiger partial charge in [-0.15, -0.1) is 0 Å². The molecule has 0 aromatic rings. The van der Waals surface area contributed by atoms with Crippen LogP contribution < -0.4 is 0 Å². The summed E-state index contributed by atoms with van der Waals surface area (Å²) >= 11 is 0. The van der Waals surface area contributed by atoms with Gasteiger partial charge in [0.2, 0.25) is 0 Å². The third kappa shape index (κ3) is 135. The van der Waals surface area contributed by atoms with Gasteiger partial charge in [-0.25, -0.2) is 0 Å². The number of rotatable bonds is 2. The molecule has 0 saturated carbocycles. The molecule has 0 atom stereocenters. The third-order valence-corrected chi connectivity index (χ3v) is 0.250. The quantitative estimate of drug-likeness (QED) is 0.614. The van der Waals surface area contributed by atoms with E-state index in [2.05, 4.69) is 0 Å². The molecule has 0 saturated heterocycles. The van der Waals surface area contributed by atoms with E-state index in [0.29, 0.717) is 0 Å². The summed E-state index contributed by atoms with van der Waals surface area (Å²) in [6.07, 6.45) is 0. The zero-order valence-electron chi connectivity index (χ0n) is 6.24. The summed E-state index contributed by atoms with van der Waals surface area (Å²) < 4.78 is 0. The summed E-state index contributed by atoms with van der Waals surface area (Å²) in [4.78, 5) is 0. The molecule has 69 valence electrons. The van der Waals surface area contributed by atoms with Crippen molar-refractivity contribution in [1.82, 2.24) is 0 Å². The largest absolute Gasteiger partial charge is 5.00 e. The van der Waals surface area contributed by atoms with E-state index in [1.54, 1.807) is 0 Å². The van der Waals surface area contributed by atoms with Crippen LogP contribution in [0.5, 0.6) is 0 Å². The average Bonchev–Trinajstić information content (AvgIpc) is 1.88. The molecular formula is C4H16CrN4O2+. The Hall–Kier alpha value is 0.292. The fourth-order valence-corrected chi connectivity index (χ4v) is 0. The summed E-state index contributed by atoms with van der Waals surface area (Å²) in [7, 11) is 0. The van der Waals surface area contributed by atoms with Crippen LogP contribution in [0.15, 0.2) is 0 Å². The van der Waals surface area contributed by atoms with Gasteiger partial charge in [0.05, 0.1) is 0 Å². The minimum Gasteiger partial charge on any atom is -0.679 e. The molecule has 0 aliphatic heterocycles. The fourth-order valence-electron chi connectivity index (χ4n) is 0. The maximum Gasteiger partial charge on any atom is 5.00 e. The van der Waals surface area contributed by atoms with E-state index in [4.69, 9.17) is 22.9 Å². The SMILES string of the molecule is O.O.[Cr+5].[NH-]CC[NH-].[NH-]CC[NH-]. The smallest absolute Gasteiger partial charge is 0.679 e. The van der Waals surface area contributed by atoms with Crippen molar-refractivity contribution in [3.05, 3.63) is 22.9 Å². The summed E-state index contributed by atoms with van der Waals surface area (Å²) in [5, 5.41) is 0. The Morgan fingerprint density at radius 1 is 0.545 bits per heavy atom. The molecule has 6 nitrogen and oxygen atoms in total. The monoisotopic (exact) mass is 204 g/mol. The van der Waals surface area contributed by atoms with Gasteiger partial charge in [-0.2, -0.15) is 26.2 Å². The van der Waals surface area contributed by atoms with Gasteiger partial charge in [-0.1, -0.05) is 0 Å². The van der Waals surface area contributed by atoms with E-state index in [1.165, 1.54) is 0 Å². The molecule has 0 fully saturated rings. The van der Waals surface area contributed by atoms with Crippen molar-refractivity contribution in [3.8, 4) is 0 Å². The second-order valence-electron chi connectivity index (χ2n) is 1.000. The third-order valence-electron chi connectivity index (χ3n) is 0.250. The Balaban J connectivity index is -0.0000000171. The summed E-state index contributed by atoms with van der Waals surface area (Å²) in [6, 6.07) is 0. The molecule has 0 heterocycles. The average molecular weight is 204 g/mol. The van der Waals surface area contributed by atoms with Crippen LogP contribution in [0.4, 0.5) is 0 Å². The second-order valence-corrected chi connectivity index (χ2v) is 1.000. The Kier molecular flexibility index (Phi) is 132. The Bertz CT molecular complexity index is 28.1. The van der Waals surface area contributed by atoms with Crippen molar-refractivity contribution in [2.45, 2.75) is 0 Å². The van der Waals surface area contributed by atoms with E-state index in [1.807, 2.05) is 0 Å². The Labute approximate surface area is 78.0 Å². The van der Waals surface area contributed by atoms with Crippen LogP contribution in [0.2, 0.25) is 0 Å². The van der Waals surface area contributed by atoms with Crippen LogP contribution in [0.1, 0.15) is 0 Å². The molecule has 0 aromatic carbocycles. The first kappa shape index (κ1) is 30.2. The molecule has 11 heavy (non-hydrogen) atoms. The molecule has 1 radical (unpaired) electrons. The maximum absolute atomic E-state index is 6.26. The van der Waals surface area contributed by atoms with Crippen molar-refractivity contribution in [2.75, 3.05) is 26.2 Å². The van der Waals surface area contributed by atoms with Crippen LogP contribution in [-0.2, 0) is 17.4 Å². The first-order valence-corrected chi connectivity index (χ1v) is 2.41. The molecule has 0 aliphatic carbocycles. The van der Waals surface area contributed by atoms with Crippen molar-refractivity contribution in [3.63, 3.8) is 0 Å². The molecule has 0 aromatic heterocycles. The van der Waals surface area contributed by atoms with Gasteiger partial charge < -0.3 is 33.9 Å². The van der Waals surface area contributed by atoms with E-state index >= 15 is 0 Å². The molecule has 8 N–H and O–H groups in total. The van der Waals surface area contributed by atoms with Crippen molar-refractivity contribution < 1.29 is 28.3 Å². The molecule has 0 bridgehead atoms. The summed E-state index contributed by atoms with van der Waals surface area (Å²) in [5.74, 6) is 0. The topological polar surface area (TPSA) is 158 Å². The van der Waals surface area contributed by atoms with E-state index < -0.39 is 0 Å². The van der Waals surface area contributed by atoms with Crippen LogP contribution in [0.3, 0.4) is 0 Å². The summed E-state index contributed by atoms with van der Waals surface area (Å²) in [6.45, 7) is 0.944. The number of hydrogen-bond donors (Lipinski definition) is 0. The summed E-state index contributed by atoms with van der Waals surface area (Å²) in [5.41, 5.74) is 25.1. The zero-order valence-corrected chi connectivity index (χ0v) is 7.51. The van der Waals surface area contributed by atoms with Crippen molar-refractivity contribution in [2.24, 2.45) is 0 Å². The van der Waals surface area contributed by atoms with E-state index in [-0.39, 0.29) is 54.5 Å². The molecular weight excluding hydrogens is 188 g/mol. The molecule has 0 spiro atoms. The van der Waals surface area contributed by atoms with Gasteiger partial charge in [0.1, 0.15) is 0 Å². The minimum atomic E-state index is 0. The second kappa shape index (κ2) is 48.2. The van der Waals surface area contributed by atoms with Crippen LogP contribution in [0, 0.1) is 0 Å². The van der Waals surface area contributed by atoms with Gasteiger partial charge >= 0.3 is 17.4 Å². The molecule has 0 rings (SSSR count). The Morgan fingerprint density at radius 2 is 0.636 bits per heavy atom. The van der Waals surface area contributed by atoms with Gasteiger partial charge in [0.25, 0.3) is 0 Å². The first-order valence-electron chi connectivity index (χ1n) is 2.41. The van der Waals surface area contributed by atoms with Crippen LogP contribution in [0.25, 0.3) is 22.9 Å². The fraction of sp³-hybridized carbons (Fsp3) is 1.00. The number of hydrogen-bond acceptors (Lipinski definition) is 0. The predicted octanol–water partition coefficient (Wildman–Crippen LogP) is 0.530. The standard InChI is InChI=1S/2C2H6N2.Cr.2H2O/c2*3-1-2-4;;;/h2*3-4H,1-2H2;;2*1H2/q2*-2;+5;;. The normalized spacial score (nSPS) is 5.45. The molecule has 0 amide bonds. The van der Waals surface area contributed by atoms with Gasteiger partial charge in [-0.3, -0.25) is 0 Å². The van der Waals surface area contributed by atoms with Gasteiger partial charge in [0.15, 0.2) is 0 Å². The minimum absolute atomic E-state index is 0. The number of nitrogens with one attached hydrogen (secondary N) is 4. The molecule has 0 aliphatic rings. The van der Waals surface area contributed by atoms with Crippen molar-refractivity contribution >= 4 is 0 Å². The van der Waals surface area contributed by atoms with Gasteiger partial charge in [-0.05, 0) is 0 Å². The Morgan fingerprint density at radius 3 is 0.636 bits per heavy atom. The zero-order chi connectivity index (χ0) is 6.83.